The van der Waals surface area contributed by atoms with Crippen molar-refractivity contribution in [3.05, 3.63) is 258 Å². The van der Waals surface area contributed by atoms with E-state index in [-0.39, 0.29) is 48.0 Å². The Bertz CT molecular complexity index is 4190. The van der Waals surface area contributed by atoms with Crippen LogP contribution in [0.25, 0.3) is 28.5 Å². The average Bonchev–Trinajstić information content (AvgIpc) is 2.13. The molecular weight excluding hydrogens is 1250 g/mol. The van der Waals surface area contributed by atoms with Crippen molar-refractivity contribution in [1.82, 2.24) is 9.97 Å². The molecule has 1 heterocycles. The van der Waals surface area contributed by atoms with Crippen LogP contribution in [-0.4, -0.2) is 75.6 Å². The maximum atomic E-state index is 11.9. The van der Waals surface area contributed by atoms with Gasteiger partial charge in [-0.15, -0.1) is 0 Å². The Balaban J connectivity index is 0.000000171. The highest BCUT2D eigenvalue weighted by Gasteiger charge is 2.12. The number of nitrogens with one attached hydrogen (secondary N) is 3. The van der Waals surface area contributed by atoms with Gasteiger partial charge < -0.3 is 40.4 Å². The van der Waals surface area contributed by atoms with E-state index in [4.69, 9.17) is 79.1 Å². The minimum absolute atomic E-state index is 0.00144. The van der Waals surface area contributed by atoms with Gasteiger partial charge in [0.05, 0.1) is 33.9 Å². The second-order valence-electron chi connectivity index (χ2n) is 19.7. The molecule has 1 aromatic heterocycles. The Labute approximate surface area is 544 Å². The number of phenols is 3. The van der Waals surface area contributed by atoms with Crippen molar-refractivity contribution in [2.45, 2.75) is 26.7 Å². The number of carbonyl (C=O) groups is 3. The van der Waals surface area contributed by atoms with Gasteiger partial charge in [-0.05, 0) is 163 Å². The lowest BCUT2D eigenvalue weighted by molar-refractivity contribution is -0.118. The summed E-state index contributed by atoms with van der Waals surface area (Å²) < 4.78 is 10.4. The Morgan fingerprint density at radius 3 is 1.92 bits per heavy atom. The minimum atomic E-state index is -0.307. The van der Waals surface area contributed by atoms with Gasteiger partial charge in [0.2, 0.25) is 5.91 Å². The van der Waals surface area contributed by atoms with Crippen molar-refractivity contribution in [3.63, 3.8) is 0 Å². The summed E-state index contributed by atoms with van der Waals surface area (Å²) in [5.41, 5.74) is 9.53. The maximum absolute atomic E-state index is 11.9. The molecule has 0 aliphatic carbocycles. The summed E-state index contributed by atoms with van der Waals surface area (Å²) in [7, 11) is 1.51. The quantitative estimate of drug-likeness (QED) is 0.0235. The zero-order chi connectivity index (χ0) is 64.0. The van der Waals surface area contributed by atoms with Crippen LogP contribution in [0.15, 0.2) is 204 Å². The molecule has 0 aliphatic rings. The molecule has 10 aromatic rings. The number of imidazole rings is 1. The van der Waals surface area contributed by atoms with E-state index in [1.165, 1.54) is 31.0 Å². The molecule has 0 aliphatic heterocycles. The first-order valence-corrected chi connectivity index (χ1v) is 29.4. The highest BCUT2D eigenvalue weighted by Crippen LogP contribution is 2.33. The van der Waals surface area contributed by atoms with E-state index >= 15 is 0 Å². The number of hydrogen-bond acceptors (Lipinski definition) is 11. The number of fused-ring (bicyclic) bond motifs is 1. The first-order valence-electron chi connectivity index (χ1n) is 27.1. The van der Waals surface area contributed by atoms with E-state index in [1.807, 2.05) is 67.6 Å². The van der Waals surface area contributed by atoms with Gasteiger partial charge in [-0.1, -0.05) is 150 Å². The number of Topliss-reactive ketones (excluding diaryl/α,β-unsaturated/α-hetero) is 1. The lowest BCUT2D eigenvalue weighted by atomic mass is 10.0. The molecule has 0 atom stereocenters. The number of H-pyrrole nitrogens is 1. The van der Waals surface area contributed by atoms with Gasteiger partial charge in [0.1, 0.15) is 18.1 Å². The molecule has 20 heteroatoms. The molecule has 0 radical (unpaired) electrons. The number of ether oxygens (including phenoxy) is 2. The summed E-state index contributed by atoms with van der Waals surface area (Å²) in [5.74, 6) is 1.04. The first kappa shape index (κ1) is 67.4. The number of halogens is 6. The molecule has 14 nitrogen and oxygen atoms in total. The zero-order valence-electron chi connectivity index (χ0n) is 48.2. The summed E-state index contributed by atoms with van der Waals surface area (Å²) in [6.45, 7) is 6.07. The number of carbonyl (C=O) groups excluding carboxylic acids is 3. The molecule has 9 aromatic carbocycles. The highest BCUT2D eigenvalue weighted by atomic mass is 35.5. The van der Waals surface area contributed by atoms with Crippen LogP contribution < -0.4 is 20.1 Å². The molecule has 0 fully saturated rings. The number of benzene rings is 9. The third-order valence-electron chi connectivity index (χ3n) is 12.6. The van der Waals surface area contributed by atoms with Crippen molar-refractivity contribution in [3.8, 4) is 40.1 Å². The minimum Gasteiger partial charge on any atom is -0.504 e. The van der Waals surface area contributed by atoms with Gasteiger partial charge in [-0.25, -0.2) is 4.98 Å². The number of para-hydroxylation sites is 1. The SMILES string of the molecule is CC(C)c1ccc(/C=C/C(=O)Nc2cccc(Cl)c2)cc1.COc1ccc(C=Nc2ccc3nc(-c4ccc(Cl)cc4Cl)[nH]c3c2)cc1O.Cc1cccc(C(=O)CN=Cc2cccc(O)c2O)c1.O=C(COc1ccc(Cl)cc1Cl)Nc1cccc(Cl)c1. The number of anilines is 2. The number of rotatable bonds is 16. The fourth-order valence-corrected chi connectivity index (χ4v) is 9.37. The third-order valence-corrected chi connectivity index (χ3v) is 14.1. The van der Waals surface area contributed by atoms with Gasteiger partial charge in [0.25, 0.3) is 5.91 Å². The summed E-state index contributed by atoms with van der Waals surface area (Å²) in [6.07, 6.45) is 6.37. The smallest absolute Gasteiger partial charge is 0.262 e. The lowest BCUT2D eigenvalue weighted by Crippen LogP contribution is -2.20. The molecule has 10 rings (SSSR count). The molecule has 454 valence electrons. The second kappa shape index (κ2) is 33.3. The molecular formula is C69H58Cl6N6O8. The van der Waals surface area contributed by atoms with E-state index in [2.05, 4.69) is 56.6 Å². The van der Waals surface area contributed by atoms with Crippen LogP contribution in [0.4, 0.5) is 17.1 Å². The van der Waals surface area contributed by atoms with Crippen LogP contribution >= 0.6 is 69.6 Å². The summed E-state index contributed by atoms with van der Waals surface area (Å²) in [6, 6.07) is 54.9. The van der Waals surface area contributed by atoms with Gasteiger partial charge >= 0.3 is 0 Å². The molecule has 2 amide bonds. The number of aromatic hydroxyl groups is 3. The van der Waals surface area contributed by atoms with Crippen molar-refractivity contribution >= 4 is 134 Å². The predicted octanol–water partition coefficient (Wildman–Crippen LogP) is 18.5. The number of methoxy groups -OCH3 is 1. The Morgan fingerprint density at radius 2 is 1.27 bits per heavy atom. The molecule has 0 unspecified atom stereocenters. The number of ketones is 1. The molecule has 0 saturated heterocycles. The van der Waals surface area contributed by atoms with Crippen molar-refractivity contribution < 1.29 is 39.2 Å². The number of hydrogen-bond donors (Lipinski definition) is 6. The average molecular weight is 1310 g/mol. The van der Waals surface area contributed by atoms with Crippen molar-refractivity contribution in [1.29, 1.82) is 0 Å². The number of aliphatic imine (C=N–C) groups is 2. The molecule has 6 N–H and O–H groups in total. The topological polar surface area (TPSA) is 208 Å². The van der Waals surface area contributed by atoms with Gasteiger partial charge in [0, 0.05) is 66.7 Å². The molecule has 89 heavy (non-hydrogen) atoms. The maximum Gasteiger partial charge on any atom is 0.262 e. The second-order valence-corrected chi connectivity index (χ2v) is 22.2. The van der Waals surface area contributed by atoms with Crippen LogP contribution in [0.5, 0.6) is 28.7 Å². The number of phenolic OH excluding ortho intramolecular Hbond substituents is 3. The van der Waals surface area contributed by atoms with Crippen molar-refractivity contribution in [2.24, 2.45) is 9.98 Å². The first-order chi connectivity index (χ1) is 42.7. The monoisotopic (exact) mass is 1310 g/mol. The lowest BCUT2D eigenvalue weighted by Gasteiger charge is -2.09. The Kier molecular flexibility index (Phi) is 25.2. The number of aromatic nitrogens is 2. The van der Waals surface area contributed by atoms with E-state index in [0.717, 1.165) is 39.0 Å². The standard InChI is InChI=1S/C21H15Cl2N3O2.C18H18ClNO.C16H15NO3.C14H10Cl3NO2/c1-28-20-7-2-12(8-19(20)27)11-24-14-4-6-17-18(10-14)26-21(25-17)15-5-3-13(22)9-16(15)23;1-13(2)15-9-6-14(7-10-15)8-11-18(21)20-17-5-3-4-16(19)12-17;1-11-4-2-5-12(8-11)15(19)10-17-9-13-6-3-7-14(18)16(13)20;15-9-2-1-3-11(6-9)18-14(19)8-20-13-5-4-10(16)7-12(13)17/h2-11,27H,1H3,(H,25,26);3-13H,1-2H3,(H,20,21);2-9,18,20H,10H2,1H3;1-7H,8H2,(H,18,19)/b;11-8+;;. The van der Waals surface area contributed by atoms with Gasteiger partial charge in [-0.2, -0.15) is 0 Å². The van der Waals surface area contributed by atoms with Crippen LogP contribution in [-0.2, 0) is 9.59 Å². The van der Waals surface area contributed by atoms with Crippen LogP contribution in [0.1, 0.15) is 57.9 Å². The summed E-state index contributed by atoms with van der Waals surface area (Å²) in [4.78, 5) is 51.8. The number of aromatic amines is 1. The van der Waals surface area contributed by atoms with Crippen molar-refractivity contribution in [2.75, 3.05) is 30.9 Å². The molecule has 0 bridgehead atoms. The van der Waals surface area contributed by atoms with E-state index in [9.17, 15) is 29.7 Å². The zero-order valence-corrected chi connectivity index (χ0v) is 52.7. The normalized spacial score (nSPS) is 10.9. The number of nitrogens with zero attached hydrogens (tertiary/aromatic N) is 3. The van der Waals surface area contributed by atoms with E-state index < -0.39 is 0 Å². The summed E-state index contributed by atoms with van der Waals surface area (Å²) in [5, 5.41) is 37.3. The molecule has 0 spiro atoms. The van der Waals surface area contributed by atoms with Gasteiger partial charge in [-0.3, -0.25) is 24.4 Å². The van der Waals surface area contributed by atoms with Crippen LogP contribution in [0, 0.1) is 6.92 Å². The molecule has 0 saturated carbocycles. The fourth-order valence-electron chi connectivity index (χ4n) is 8.03. The van der Waals surface area contributed by atoms with E-state index in [1.54, 1.807) is 121 Å². The third kappa shape index (κ3) is 21.3. The van der Waals surface area contributed by atoms with Crippen LogP contribution in [0.3, 0.4) is 0 Å². The Hall–Kier alpha value is -9.12. The fraction of sp³-hybridized carbons (Fsp3) is 0.101. The van der Waals surface area contributed by atoms with E-state index in [0.29, 0.717) is 75.9 Å². The highest BCUT2D eigenvalue weighted by molar-refractivity contribution is 6.36. The predicted molar refractivity (Wildman–Crippen MR) is 363 cm³/mol. The van der Waals surface area contributed by atoms with Gasteiger partial charge in [0.15, 0.2) is 35.4 Å². The number of aryl methyl sites for hydroxylation is 1. The largest absolute Gasteiger partial charge is 0.504 e. The summed E-state index contributed by atoms with van der Waals surface area (Å²) >= 11 is 35.6. The Morgan fingerprint density at radius 1 is 0.629 bits per heavy atom. The van der Waals surface area contributed by atoms with Crippen LogP contribution in [0.2, 0.25) is 30.1 Å². The number of amides is 2.